The summed E-state index contributed by atoms with van der Waals surface area (Å²) in [5.74, 6) is 1.24. The van der Waals surface area contributed by atoms with E-state index in [0.717, 1.165) is 38.3 Å². The molecule has 0 atom stereocenters. The Morgan fingerprint density at radius 1 is 1.08 bits per heavy atom. The average Bonchev–Trinajstić information content (AvgIpc) is 2.60. The topological polar surface area (TPSA) is 35.9 Å². The van der Waals surface area contributed by atoms with Gasteiger partial charge in [0.25, 0.3) is 0 Å². The van der Waals surface area contributed by atoms with E-state index in [2.05, 4.69) is 41.8 Å². The molecule has 0 bridgehead atoms. The molecule has 1 aliphatic heterocycles. The van der Waals surface area contributed by atoms with Gasteiger partial charge in [0.2, 0.25) is 0 Å². The number of ether oxygens (including phenoxy) is 1. The second kappa shape index (κ2) is 7.36. The molecule has 0 unspecified atom stereocenters. The van der Waals surface area contributed by atoms with Crippen LogP contribution in [0, 0.1) is 0 Å². The highest BCUT2D eigenvalue weighted by molar-refractivity contribution is 5.53. The Balaban J connectivity index is 1.62. The quantitative estimate of drug-likeness (QED) is 0.903. The fourth-order valence-corrected chi connectivity index (χ4v) is 3.65. The number of methoxy groups -OCH3 is 1. The van der Waals surface area contributed by atoms with Crippen molar-refractivity contribution in [1.82, 2.24) is 4.90 Å². The number of hydrogen-bond acceptors (Lipinski definition) is 4. The summed E-state index contributed by atoms with van der Waals surface area (Å²) in [6.07, 6.45) is 1.01. The Hall–Kier alpha value is -2.20. The van der Waals surface area contributed by atoms with E-state index in [-0.39, 0.29) is 5.54 Å². The van der Waals surface area contributed by atoms with Crippen molar-refractivity contribution in [2.45, 2.75) is 25.8 Å². The van der Waals surface area contributed by atoms with Crippen LogP contribution in [0.4, 0.5) is 5.69 Å². The highest BCUT2D eigenvalue weighted by Crippen LogP contribution is 2.30. The van der Waals surface area contributed by atoms with Crippen LogP contribution >= 0.6 is 0 Å². The molecule has 0 saturated carbocycles. The van der Waals surface area contributed by atoms with Crippen molar-refractivity contribution in [2.75, 3.05) is 38.2 Å². The van der Waals surface area contributed by atoms with Crippen LogP contribution in [0.3, 0.4) is 0 Å². The molecule has 0 amide bonds. The molecule has 2 aromatic rings. The van der Waals surface area contributed by atoms with Crippen LogP contribution in [-0.2, 0) is 6.42 Å². The SMILES string of the molecule is COc1cccc(N2CCN(CCc3ccc(O)cc3)CC2(C)C)c1. The lowest BCUT2D eigenvalue weighted by molar-refractivity contribution is 0.184. The van der Waals surface area contributed by atoms with E-state index in [9.17, 15) is 5.11 Å². The monoisotopic (exact) mass is 340 g/mol. The summed E-state index contributed by atoms with van der Waals surface area (Å²) in [5.41, 5.74) is 2.56. The molecule has 25 heavy (non-hydrogen) atoms. The zero-order valence-electron chi connectivity index (χ0n) is 15.4. The summed E-state index contributed by atoms with van der Waals surface area (Å²) in [6.45, 7) is 8.75. The molecule has 4 nitrogen and oxygen atoms in total. The van der Waals surface area contributed by atoms with Crippen molar-refractivity contribution in [2.24, 2.45) is 0 Å². The fourth-order valence-electron chi connectivity index (χ4n) is 3.65. The van der Waals surface area contributed by atoms with Gasteiger partial charge in [-0.25, -0.2) is 0 Å². The zero-order chi connectivity index (χ0) is 17.9. The molecule has 134 valence electrons. The van der Waals surface area contributed by atoms with Crippen LogP contribution in [0.2, 0.25) is 0 Å². The lowest BCUT2D eigenvalue weighted by Crippen LogP contribution is -2.59. The van der Waals surface area contributed by atoms with E-state index < -0.39 is 0 Å². The van der Waals surface area contributed by atoms with E-state index >= 15 is 0 Å². The van der Waals surface area contributed by atoms with Gasteiger partial charge in [-0.15, -0.1) is 0 Å². The van der Waals surface area contributed by atoms with E-state index in [0.29, 0.717) is 5.75 Å². The minimum Gasteiger partial charge on any atom is -0.508 e. The van der Waals surface area contributed by atoms with Crippen molar-refractivity contribution < 1.29 is 9.84 Å². The van der Waals surface area contributed by atoms with Crippen molar-refractivity contribution in [3.8, 4) is 11.5 Å². The van der Waals surface area contributed by atoms with Gasteiger partial charge in [0.05, 0.1) is 7.11 Å². The molecular formula is C21H28N2O2. The van der Waals surface area contributed by atoms with Gasteiger partial charge in [-0.3, -0.25) is 4.90 Å². The maximum atomic E-state index is 9.39. The predicted molar refractivity (Wildman–Crippen MR) is 103 cm³/mol. The molecule has 0 spiro atoms. The Morgan fingerprint density at radius 3 is 2.52 bits per heavy atom. The Bertz CT molecular complexity index is 697. The van der Waals surface area contributed by atoms with Gasteiger partial charge in [0, 0.05) is 43.5 Å². The number of aromatic hydroxyl groups is 1. The Morgan fingerprint density at radius 2 is 1.84 bits per heavy atom. The molecule has 1 N–H and O–H groups in total. The van der Waals surface area contributed by atoms with Crippen LogP contribution in [-0.4, -0.2) is 48.8 Å². The maximum Gasteiger partial charge on any atom is 0.120 e. The minimum atomic E-state index is 0.0690. The summed E-state index contributed by atoms with van der Waals surface area (Å²) >= 11 is 0. The number of piperazine rings is 1. The van der Waals surface area contributed by atoms with Crippen LogP contribution in [0.15, 0.2) is 48.5 Å². The molecule has 1 aliphatic rings. The Kier molecular flexibility index (Phi) is 5.19. The highest BCUT2D eigenvalue weighted by atomic mass is 16.5. The lowest BCUT2D eigenvalue weighted by atomic mass is 9.97. The number of benzene rings is 2. The molecule has 0 aliphatic carbocycles. The fraction of sp³-hybridized carbons (Fsp3) is 0.429. The average molecular weight is 340 g/mol. The minimum absolute atomic E-state index is 0.0690. The van der Waals surface area contributed by atoms with E-state index in [1.807, 2.05) is 18.2 Å². The van der Waals surface area contributed by atoms with Gasteiger partial charge in [-0.05, 0) is 50.1 Å². The molecule has 1 saturated heterocycles. The van der Waals surface area contributed by atoms with E-state index in [1.54, 1.807) is 19.2 Å². The van der Waals surface area contributed by atoms with Crippen LogP contribution in [0.1, 0.15) is 19.4 Å². The third-order valence-electron chi connectivity index (χ3n) is 5.00. The summed E-state index contributed by atoms with van der Waals surface area (Å²) < 4.78 is 5.38. The summed E-state index contributed by atoms with van der Waals surface area (Å²) in [4.78, 5) is 5.01. The number of phenols is 1. The summed E-state index contributed by atoms with van der Waals surface area (Å²) in [5, 5.41) is 9.39. The van der Waals surface area contributed by atoms with Gasteiger partial charge in [0.1, 0.15) is 11.5 Å². The van der Waals surface area contributed by atoms with Crippen molar-refractivity contribution in [3.05, 3.63) is 54.1 Å². The van der Waals surface area contributed by atoms with Gasteiger partial charge in [-0.1, -0.05) is 18.2 Å². The first-order chi connectivity index (χ1) is 12.0. The summed E-state index contributed by atoms with van der Waals surface area (Å²) in [6, 6.07) is 15.9. The summed E-state index contributed by atoms with van der Waals surface area (Å²) in [7, 11) is 1.71. The molecule has 1 fully saturated rings. The number of phenolic OH excluding ortho intramolecular Hbond substituents is 1. The lowest BCUT2D eigenvalue weighted by Gasteiger charge is -2.48. The van der Waals surface area contributed by atoms with Gasteiger partial charge < -0.3 is 14.7 Å². The van der Waals surface area contributed by atoms with Crippen molar-refractivity contribution in [3.63, 3.8) is 0 Å². The Labute approximate surface area is 150 Å². The molecule has 1 heterocycles. The molecule has 2 aromatic carbocycles. The van der Waals surface area contributed by atoms with Gasteiger partial charge in [0.15, 0.2) is 0 Å². The van der Waals surface area contributed by atoms with Gasteiger partial charge >= 0.3 is 0 Å². The van der Waals surface area contributed by atoms with Crippen molar-refractivity contribution in [1.29, 1.82) is 0 Å². The van der Waals surface area contributed by atoms with Crippen LogP contribution in [0.5, 0.6) is 11.5 Å². The number of anilines is 1. The first kappa shape index (κ1) is 17.6. The third kappa shape index (κ3) is 4.26. The van der Waals surface area contributed by atoms with Gasteiger partial charge in [-0.2, -0.15) is 0 Å². The van der Waals surface area contributed by atoms with E-state index in [4.69, 9.17) is 4.74 Å². The smallest absolute Gasteiger partial charge is 0.120 e. The first-order valence-corrected chi connectivity index (χ1v) is 8.90. The second-order valence-electron chi connectivity index (χ2n) is 7.36. The molecule has 3 rings (SSSR count). The standard InChI is InChI=1S/C21H28N2O2/c1-21(2)16-22(12-11-17-7-9-19(24)10-8-17)13-14-23(21)18-5-4-6-20(15-18)25-3/h4-10,15,24H,11-14,16H2,1-3H3. The predicted octanol–water partition coefficient (Wildman–Crippen LogP) is 3.54. The molecule has 0 aromatic heterocycles. The number of rotatable bonds is 5. The zero-order valence-corrected chi connectivity index (χ0v) is 15.4. The maximum absolute atomic E-state index is 9.39. The van der Waals surface area contributed by atoms with Crippen molar-refractivity contribution >= 4 is 5.69 Å². The number of nitrogens with zero attached hydrogens (tertiary/aromatic N) is 2. The molecule has 0 radical (unpaired) electrons. The first-order valence-electron chi connectivity index (χ1n) is 8.90. The third-order valence-corrected chi connectivity index (χ3v) is 5.00. The van der Waals surface area contributed by atoms with E-state index in [1.165, 1.54) is 11.3 Å². The normalized spacial score (nSPS) is 17.5. The molecule has 4 heteroatoms. The van der Waals surface area contributed by atoms with Crippen LogP contribution < -0.4 is 9.64 Å². The number of hydrogen-bond donors (Lipinski definition) is 1. The van der Waals surface area contributed by atoms with Crippen LogP contribution in [0.25, 0.3) is 0 Å². The molecular weight excluding hydrogens is 312 g/mol. The second-order valence-corrected chi connectivity index (χ2v) is 7.36. The largest absolute Gasteiger partial charge is 0.508 e. The highest BCUT2D eigenvalue weighted by Gasteiger charge is 2.33.